The van der Waals surface area contributed by atoms with E-state index in [1.165, 1.54) is 0 Å². The van der Waals surface area contributed by atoms with Crippen LogP contribution < -0.4 is 15.3 Å². The van der Waals surface area contributed by atoms with E-state index in [-0.39, 0.29) is 31.1 Å². The van der Waals surface area contributed by atoms with Crippen molar-refractivity contribution in [3.63, 3.8) is 0 Å². The highest BCUT2D eigenvalue weighted by Gasteiger charge is 2.39. The lowest BCUT2D eigenvalue weighted by atomic mass is 10.0. The van der Waals surface area contributed by atoms with Crippen LogP contribution in [-0.4, -0.2) is 45.4 Å². The quantitative estimate of drug-likeness (QED) is 0.109. The van der Waals surface area contributed by atoms with Crippen molar-refractivity contribution in [2.45, 2.75) is 79.7 Å². The average molecular weight is 640 g/mol. The van der Waals surface area contributed by atoms with Crippen LogP contribution in [0.3, 0.4) is 0 Å². The number of fused-ring (bicyclic) bond motifs is 3. The Labute approximate surface area is 265 Å². The number of nitrogen functional groups attached to an aromatic ring is 1. The number of imidazole rings is 1. The second-order valence-corrected chi connectivity index (χ2v) is 14.3. The number of carbonyl (C=O) groups is 1. The number of nitrogens with one attached hydrogen (secondary N) is 1. The van der Waals surface area contributed by atoms with Gasteiger partial charge in [-0.15, -0.1) is 0 Å². The Balaban J connectivity index is 1.78. The summed E-state index contributed by atoms with van der Waals surface area (Å²) >= 11 is 0. The number of aromatic nitrogens is 3. The van der Waals surface area contributed by atoms with Gasteiger partial charge in [0.1, 0.15) is 35.3 Å². The van der Waals surface area contributed by atoms with E-state index in [4.69, 9.17) is 29.2 Å². The van der Waals surface area contributed by atoms with Crippen molar-refractivity contribution in [3.8, 4) is 5.75 Å². The molecule has 0 amide bonds. The highest BCUT2D eigenvalue weighted by molar-refractivity contribution is 7.52. The number of pyridine rings is 1. The molecular formula is C33H46N5O6P. The summed E-state index contributed by atoms with van der Waals surface area (Å²) in [5.74, 6) is 0.422. The Morgan fingerprint density at radius 1 is 1.00 bits per heavy atom. The summed E-state index contributed by atoms with van der Waals surface area (Å²) in [5.41, 5.74) is 7.75. The van der Waals surface area contributed by atoms with Gasteiger partial charge in [-0.25, -0.2) is 14.5 Å². The number of carbonyl (C=O) groups excluding carboxylic acids is 1. The van der Waals surface area contributed by atoms with E-state index in [0.29, 0.717) is 29.5 Å². The van der Waals surface area contributed by atoms with Gasteiger partial charge in [-0.1, -0.05) is 64.1 Å². The topological polar surface area (TPSA) is 140 Å². The lowest BCUT2D eigenvalue weighted by Gasteiger charge is -2.31. The molecule has 2 aromatic heterocycles. The molecule has 0 fully saturated rings. The summed E-state index contributed by atoms with van der Waals surface area (Å²) in [6.07, 6.45) is 0. The smallest absolute Gasteiger partial charge is 0.459 e. The van der Waals surface area contributed by atoms with E-state index < -0.39 is 25.4 Å². The van der Waals surface area contributed by atoms with Gasteiger partial charge in [-0.3, -0.25) is 9.32 Å². The Hall–Kier alpha value is -3.50. The lowest BCUT2D eigenvalue weighted by molar-refractivity contribution is -0.158. The van der Waals surface area contributed by atoms with Gasteiger partial charge in [-0.2, -0.15) is 5.09 Å². The first-order valence-electron chi connectivity index (χ1n) is 15.4. The third kappa shape index (κ3) is 8.41. The molecule has 0 radical (unpaired) electrons. The van der Waals surface area contributed by atoms with Crippen molar-refractivity contribution in [1.82, 2.24) is 19.6 Å². The van der Waals surface area contributed by atoms with Crippen molar-refractivity contribution in [3.05, 3.63) is 60.4 Å². The number of nitrogens with two attached hydrogens (primary N) is 1. The van der Waals surface area contributed by atoms with Gasteiger partial charge in [0.05, 0.1) is 23.7 Å². The molecule has 0 aliphatic heterocycles. The summed E-state index contributed by atoms with van der Waals surface area (Å²) in [5, 5.41) is 3.79. The zero-order valence-electron chi connectivity index (χ0n) is 27.4. The number of hydrogen-bond donors (Lipinski definition) is 2. The molecule has 2 aromatic carbocycles. The number of nitrogens with zero attached hydrogens (tertiary/aromatic N) is 3. The third-order valence-electron chi connectivity index (χ3n) is 7.17. The fourth-order valence-corrected chi connectivity index (χ4v) is 6.65. The maximum Gasteiger partial charge on any atom is 0.459 e. The number of hydrogen-bond acceptors (Lipinski definition) is 9. The summed E-state index contributed by atoms with van der Waals surface area (Å²) in [4.78, 5) is 22.7. The number of benzene rings is 2. The van der Waals surface area contributed by atoms with Crippen molar-refractivity contribution < 1.29 is 27.9 Å². The van der Waals surface area contributed by atoms with Gasteiger partial charge >= 0.3 is 13.7 Å². The molecule has 11 nitrogen and oxygen atoms in total. The number of esters is 1. The normalized spacial score (nSPS) is 15.0. The Morgan fingerprint density at radius 3 is 2.29 bits per heavy atom. The van der Waals surface area contributed by atoms with Crippen LogP contribution in [0.25, 0.3) is 21.9 Å². The fourth-order valence-electron chi connectivity index (χ4n) is 4.98. The second kappa shape index (κ2) is 14.3. The standard InChI is InChI=1S/C33H46N5O6P/c1-9-41-20-27-36-29-30(24-17-13-14-18-25(24)35-31(29)34)38(27)26(21(2)3)19-42-45(40,44-23-15-11-10-12-16-23)37-28(22(4)5)32(39)43-33(6,7)8/h10-18,21-22,26,28H,9,19-20H2,1-8H3,(H2,34,35)(H,37,40)/t26-,28-,45-/m0/s1. The fraction of sp³-hybridized carbons (Fsp3) is 0.485. The molecule has 0 saturated carbocycles. The van der Waals surface area contributed by atoms with E-state index in [1.807, 2.05) is 65.0 Å². The zero-order valence-corrected chi connectivity index (χ0v) is 28.3. The molecule has 0 spiro atoms. The first-order chi connectivity index (χ1) is 21.2. The van der Waals surface area contributed by atoms with Crippen LogP contribution in [0.4, 0.5) is 5.82 Å². The molecule has 244 valence electrons. The molecular weight excluding hydrogens is 593 g/mol. The number of ether oxygens (including phenoxy) is 2. The molecule has 3 N–H and O–H groups in total. The lowest BCUT2D eigenvalue weighted by Crippen LogP contribution is -2.44. The van der Waals surface area contributed by atoms with Crippen LogP contribution in [0.2, 0.25) is 0 Å². The van der Waals surface area contributed by atoms with E-state index in [2.05, 4.69) is 14.6 Å². The highest BCUT2D eigenvalue weighted by atomic mass is 31.2. The maximum absolute atomic E-state index is 14.6. The van der Waals surface area contributed by atoms with E-state index in [1.54, 1.807) is 45.0 Å². The van der Waals surface area contributed by atoms with Gasteiger partial charge in [0.25, 0.3) is 0 Å². The van der Waals surface area contributed by atoms with E-state index >= 15 is 0 Å². The van der Waals surface area contributed by atoms with Crippen LogP contribution in [0.1, 0.15) is 67.3 Å². The summed E-state index contributed by atoms with van der Waals surface area (Å²) in [6.45, 7) is 15.7. The van der Waals surface area contributed by atoms with Crippen molar-refractivity contribution in [1.29, 1.82) is 0 Å². The minimum absolute atomic E-state index is 0.0205. The van der Waals surface area contributed by atoms with Crippen LogP contribution in [-0.2, 0) is 30.0 Å². The number of para-hydroxylation sites is 2. The van der Waals surface area contributed by atoms with Crippen LogP contribution >= 0.6 is 7.75 Å². The molecule has 2 heterocycles. The number of anilines is 1. The molecule has 4 rings (SSSR count). The Bertz CT molecular complexity index is 1650. The van der Waals surface area contributed by atoms with Crippen molar-refractivity contribution in [2.24, 2.45) is 11.8 Å². The van der Waals surface area contributed by atoms with Gasteiger partial charge in [0.2, 0.25) is 0 Å². The first-order valence-corrected chi connectivity index (χ1v) is 16.9. The van der Waals surface area contributed by atoms with Crippen LogP contribution in [0.5, 0.6) is 5.75 Å². The minimum atomic E-state index is -4.17. The molecule has 45 heavy (non-hydrogen) atoms. The molecule has 0 unspecified atom stereocenters. The van der Waals surface area contributed by atoms with E-state index in [0.717, 1.165) is 16.4 Å². The summed E-state index contributed by atoms with van der Waals surface area (Å²) in [6, 6.07) is 15.1. The van der Waals surface area contributed by atoms with Gasteiger partial charge in [0, 0.05) is 12.0 Å². The molecule has 0 aliphatic carbocycles. The minimum Gasteiger partial charge on any atom is -0.459 e. The summed E-state index contributed by atoms with van der Waals surface area (Å²) < 4.78 is 40.4. The van der Waals surface area contributed by atoms with Gasteiger partial charge < -0.3 is 24.3 Å². The van der Waals surface area contributed by atoms with Crippen molar-refractivity contribution in [2.75, 3.05) is 18.9 Å². The molecule has 3 atom stereocenters. The summed E-state index contributed by atoms with van der Waals surface area (Å²) in [7, 11) is -4.17. The molecule has 0 aliphatic rings. The molecule has 12 heteroatoms. The largest absolute Gasteiger partial charge is 0.459 e. The maximum atomic E-state index is 14.6. The van der Waals surface area contributed by atoms with Gasteiger partial charge in [0.15, 0.2) is 5.82 Å². The molecule has 0 saturated heterocycles. The average Bonchev–Trinajstić information content (AvgIpc) is 3.34. The Morgan fingerprint density at radius 2 is 1.67 bits per heavy atom. The molecule has 4 aromatic rings. The van der Waals surface area contributed by atoms with Crippen LogP contribution in [0.15, 0.2) is 54.6 Å². The second-order valence-electron chi connectivity index (χ2n) is 12.6. The van der Waals surface area contributed by atoms with Crippen LogP contribution in [0, 0.1) is 11.8 Å². The van der Waals surface area contributed by atoms with E-state index in [9.17, 15) is 9.36 Å². The first kappa shape index (κ1) is 34.4. The van der Waals surface area contributed by atoms with Crippen molar-refractivity contribution >= 4 is 41.5 Å². The molecule has 0 bridgehead atoms. The number of rotatable bonds is 14. The highest BCUT2D eigenvalue weighted by Crippen LogP contribution is 2.47. The zero-order chi connectivity index (χ0) is 32.9. The monoisotopic (exact) mass is 639 g/mol. The predicted molar refractivity (Wildman–Crippen MR) is 177 cm³/mol. The van der Waals surface area contributed by atoms with Gasteiger partial charge in [-0.05, 0) is 57.7 Å². The Kier molecular flexibility index (Phi) is 10.9. The third-order valence-corrected chi connectivity index (χ3v) is 8.71. The predicted octanol–water partition coefficient (Wildman–Crippen LogP) is 7.06. The SMILES string of the molecule is CCOCc1nc2c(N)nc3ccccc3c2n1[C@@H](CO[P@@](=O)(N[C@H](C(=O)OC(C)(C)C)C(C)C)Oc1ccccc1)C(C)C.